The third-order valence-corrected chi connectivity index (χ3v) is 4.16. The van der Waals surface area contributed by atoms with Gasteiger partial charge in [0.1, 0.15) is 0 Å². The summed E-state index contributed by atoms with van der Waals surface area (Å²) in [5.41, 5.74) is 4.80. The molecular weight excluding hydrogens is 274 g/mol. The van der Waals surface area contributed by atoms with Gasteiger partial charge in [-0.15, -0.1) is 0 Å². The molecule has 0 aliphatic rings. The van der Waals surface area contributed by atoms with Crippen molar-refractivity contribution < 1.29 is 5.11 Å². The Labute approximate surface area is 132 Å². The van der Waals surface area contributed by atoms with Gasteiger partial charge in [-0.05, 0) is 61.1 Å². The Bertz CT molecular complexity index is 714. The first-order chi connectivity index (χ1) is 10.4. The van der Waals surface area contributed by atoms with Crippen molar-refractivity contribution in [2.45, 2.75) is 47.3 Å². The van der Waals surface area contributed by atoms with Crippen LogP contribution in [0.1, 0.15) is 37.0 Å². The Morgan fingerprint density at radius 3 is 2.41 bits per heavy atom. The largest absolute Gasteiger partial charge is 0.391 e. The van der Waals surface area contributed by atoms with Crippen molar-refractivity contribution in [3.63, 3.8) is 0 Å². The van der Waals surface area contributed by atoms with E-state index in [1.54, 1.807) is 10.6 Å². The Kier molecular flexibility index (Phi) is 5.19. The molecule has 3 heteroatoms. The Hall–Kier alpha value is -1.87. The third kappa shape index (κ3) is 3.47. The molecule has 1 aromatic carbocycles. The summed E-state index contributed by atoms with van der Waals surface area (Å²) in [6.45, 7) is 8.92. The van der Waals surface area contributed by atoms with E-state index in [1.165, 1.54) is 11.1 Å². The van der Waals surface area contributed by atoms with Gasteiger partial charge in [-0.3, -0.25) is 4.79 Å². The summed E-state index contributed by atoms with van der Waals surface area (Å²) in [5.74, 6) is 0.525. The second-order valence-electron chi connectivity index (χ2n) is 6.34. The molecule has 1 heterocycles. The summed E-state index contributed by atoms with van der Waals surface area (Å²) in [4.78, 5) is 12.6. The zero-order chi connectivity index (χ0) is 16.3. The lowest BCUT2D eigenvalue weighted by atomic mass is 10.0. The molecular formula is C19H25NO2. The van der Waals surface area contributed by atoms with Crippen molar-refractivity contribution in [2.75, 3.05) is 0 Å². The first kappa shape index (κ1) is 16.5. The first-order valence-electron chi connectivity index (χ1n) is 7.85. The summed E-state index contributed by atoms with van der Waals surface area (Å²) >= 11 is 0. The monoisotopic (exact) mass is 299 g/mol. The van der Waals surface area contributed by atoms with Crippen LogP contribution in [0.3, 0.4) is 0 Å². The van der Waals surface area contributed by atoms with Gasteiger partial charge in [0.15, 0.2) is 0 Å². The third-order valence-electron chi connectivity index (χ3n) is 4.16. The zero-order valence-corrected chi connectivity index (χ0v) is 13.9. The number of nitrogens with zero attached hydrogens (tertiary/aromatic N) is 1. The molecule has 0 saturated heterocycles. The summed E-state index contributed by atoms with van der Waals surface area (Å²) < 4.78 is 1.80. The number of pyridine rings is 1. The first-order valence-corrected chi connectivity index (χ1v) is 7.85. The minimum absolute atomic E-state index is 0.0844. The molecule has 118 valence electrons. The van der Waals surface area contributed by atoms with Gasteiger partial charge in [-0.2, -0.15) is 0 Å². The van der Waals surface area contributed by atoms with Crippen LogP contribution >= 0.6 is 0 Å². The Morgan fingerprint density at radius 2 is 1.82 bits per heavy atom. The van der Waals surface area contributed by atoms with Crippen molar-refractivity contribution in [2.24, 2.45) is 5.92 Å². The normalized spacial score (nSPS) is 11.2. The molecule has 0 unspecified atom stereocenters. The van der Waals surface area contributed by atoms with E-state index in [4.69, 9.17) is 0 Å². The lowest BCUT2D eigenvalue weighted by Gasteiger charge is -2.16. The predicted octanol–water partition coefficient (Wildman–Crippen LogP) is 3.67. The molecule has 0 atom stereocenters. The molecule has 22 heavy (non-hydrogen) atoms. The summed E-state index contributed by atoms with van der Waals surface area (Å²) in [5, 5.41) is 9.35. The molecule has 0 radical (unpaired) electrons. The standard InChI is InChI=1S/C19H25NO2/c1-13(2)9-10-20-18(8-7-17(12-21)19(20)22)16-6-5-14(3)15(4)11-16/h5-8,11,13,21H,9-10,12H2,1-4H3. The van der Waals surface area contributed by atoms with E-state index < -0.39 is 0 Å². The van der Waals surface area contributed by atoms with Crippen LogP contribution in [-0.2, 0) is 13.2 Å². The van der Waals surface area contributed by atoms with Crippen LogP contribution in [0, 0.1) is 19.8 Å². The average molecular weight is 299 g/mol. The van der Waals surface area contributed by atoms with E-state index >= 15 is 0 Å². The topological polar surface area (TPSA) is 42.2 Å². The van der Waals surface area contributed by atoms with E-state index in [0.717, 1.165) is 17.7 Å². The highest BCUT2D eigenvalue weighted by Crippen LogP contribution is 2.22. The van der Waals surface area contributed by atoms with Crippen LogP contribution in [0.25, 0.3) is 11.3 Å². The molecule has 1 aromatic heterocycles. The molecule has 0 fully saturated rings. The van der Waals surface area contributed by atoms with Crippen LogP contribution < -0.4 is 5.56 Å². The second kappa shape index (κ2) is 6.93. The highest BCUT2D eigenvalue weighted by atomic mass is 16.3. The van der Waals surface area contributed by atoms with E-state index in [-0.39, 0.29) is 12.2 Å². The summed E-state index contributed by atoms with van der Waals surface area (Å²) in [7, 11) is 0. The molecule has 0 aliphatic heterocycles. The van der Waals surface area contributed by atoms with Crippen LogP contribution in [0.2, 0.25) is 0 Å². The van der Waals surface area contributed by atoms with Crippen molar-refractivity contribution in [3.05, 3.63) is 57.4 Å². The molecule has 1 N–H and O–H groups in total. The highest BCUT2D eigenvalue weighted by molar-refractivity contribution is 5.61. The van der Waals surface area contributed by atoms with Gasteiger partial charge in [0.2, 0.25) is 0 Å². The van der Waals surface area contributed by atoms with Gasteiger partial charge >= 0.3 is 0 Å². The van der Waals surface area contributed by atoms with E-state index in [0.29, 0.717) is 18.0 Å². The second-order valence-corrected chi connectivity index (χ2v) is 6.34. The quantitative estimate of drug-likeness (QED) is 0.915. The van der Waals surface area contributed by atoms with Crippen molar-refractivity contribution >= 4 is 0 Å². The lowest BCUT2D eigenvalue weighted by Crippen LogP contribution is -2.25. The average Bonchev–Trinajstić information content (AvgIpc) is 2.48. The van der Waals surface area contributed by atoms with Gasteiger partial charge in [0.25, 0.3) is 5.56 Å². The van der Waals surface area contributed by atoms with E-state index in [1.807, 2.05) is 6.07 Å². The number of aliphatic hydroxyl groups is 1. The van der Waals surface area contributed by atoms with Crippen LogP contribution in [0.5, 0.6) is 0 Å². The molecule has 0 saturated carbocycles. The fourth-order valence-electron chi connectivity index (χ4n) is 2.51. The molecule has 0 aliphatic carbocycles. The van der Waals surface area contributed by atoms with Gasteiger partial charge < -0.3 is 9.67 Å². The zero-order valence-electron chi connectivity index (χ0n) is 13.9. The molecule has 0 spiro atoms. The minimum atomic E-state index is -0.215. The maximum Gasteiger partial charge on any atom is 0.256 e. The maximum atomic E-state index is 12.6. The fourth-order valence-corrected chi connectivity index (χ4v) is 2.51. The van der Waals surface area contributed by atoms with Gasteiger partial charge in [-0.1, -0.05) is 26.0 Å². The molecule has 2 rings (SSSR count). The number of aromatic nitrogens is 1. The number of hydrogen-bond acceptors (Lipinski definition) is 2. The van der Waals surface area contributed by atoms with Gasteiger partial charge in [0.05, 0.1) is 12.3 Å². The number of aliphatic hydroxyl groups excluding tert-OH is 1. The van der Waals surface area contributed by atoms with E-state index in [2.05, 4.69) is 45.9 Å². The van der Waals surface area contributed by atoms with E-state index in [9.17, 15) is 9.90 Å². The minimum Gasteiger partial charge on any atom is -0.391 e. The fraction of sp³-hybridized carbons (Fsp3) is 0.421. The number of hydrogen-bond donors (Lipinski definition) is 1. The van der Waals surface area contributed by atoms with Gasteiger partial charge in [0, 0.05) is 12.1 Å². The number of aryl methyl sites for hydroxylation is 2. The van der Waals surface area contributed by atoms with Crippen molar-refractivity contribution in [1.29, 1.82) is 0 Å². The SMILES string of the molecule is Cc1ccc(-c2ccc(CO)c(=O)n2CCC(C)C)cc1C. The molecule has 2 aromatic rings. The number of rotatable bonds is 5. The highest BCUT2D eigenvalue weighted by Gasteiger charge is 2.11. The molecule has 3 nitrogen and oxygen atoms in total. The summed E-state index contributed by atoms with van der Waals surface area (Å²) in [6, 6.07) is 9.94. The van der Waals surface area contributed by atoms with Gasteiger partial charge in [-0.25, -0.2) is 0 Å². The predicted molar refractivity (Wildman–Crippen MR) is 91.0 cm³/mol. The van der Waals surface area contributed by atoms with Crippen LogP contribution in [0.4, 0.5) is 0 Å². The maximum absolute atomic E-state index is 12.6. The smallest absolute Gasteiger partial charge is 0.256 e. The Morgan fingerprint density at radius 1 is 1.09 bits per heavy atom. The van der Waals surface area contributed by atoms with Crippen molar-refractivity contribution in [1.82, 2.24) is 4.57 Å². The number of benzene rings is 1. The lowest BCUT2D eigenvalue weighted by molar-refractivity contribution is 0.279. The van der Waals surface area contributed by atoms with Crippen LogP contribution in [0.15, 0.2) is 35.1 Å². The van der Waals surface area contributed by atoms with Crippen molar-refractivity contribution in [3.8, 4) is 11.3 Å². The van der Waals surface area contributed by atoms with Crippen LogP contribution in [-0.4, -0.2) is 9.67 Å². The molecule has 0 amide bonds. The Balaban J connectivity index is 2.56. The summed E-state index contributed by atoms with van der Waals surface area (Å²) in [6.07, 6.45) is 0.937. The molecule has 0 bridgehead atoms.